The maximum atomic E-state index is 12.0. The molecule has 1 fully saturated rings. The number of halogens is 1. The van der Waals surface area contributed by atoms with Crippen molar-refractivity contribution in [1.82, 2.24) is 15.0 Å². The van der Waals surface area contributed by atoms with Crippen molar-refractivity contribution in [2.45, 2.75) is 32.2 Å². The van der Waals surface area contributed by atoms with E-state index in [1.54, 1.807) is 6.92 Å². The Balaban J connectivity index is 1.92. The van der Waals surface area contributed by atoms with Crippen LogP contribution in [0.15, 0.2) is 28.7 Å². The van der Waals surface area contributed by atoms with Gasteiger partial charge in [-0.15, -0.1) is 5.10 Å². The summed E-state index contributed by atoms with van der Waals surface area (Å²) in [6.45, 7) is 2.74. The van der Waals surface area contributed by atoms with Gasteiger partial charge in [0.25, 0.3) is 0 Å². The summed E-state index contributed by atoms with van der Waals surface area (Å²) in [5.41, 5.74) is 2.38. The fourth-order valence-corrected chi connectivity index (χ4v) is 2.74. The van der Waals surface area contributed by atoms with Gasteiger partial charge in [0.15, 0.2) is 5.69 Å². The molecule has 0 unspecified atom stereocenters. The van der Waals surface area contributed by atoms with Crippen LogP contribution in [-0.2, 0) is 11.3 Å². The van der Waals surface area contributed by atoms with E-state index in [2.05, 4.69) is 26.2 Å². The lowest BCUT2D eigenvalue weighted by molar-refractivity contribution is 0.0518. The van der Waals surface area contributed by atoms with Gasteiger partial charge >= 0.3 is 5.97 Å². The van der Waals surface area contributed by atoms with Gasteiger partial charge in [-0.2, -0.15) is 0 Å². The number of carbonyl (C=O) groups is 1. The van der Waals surface area contributed by atoms with Crippen LogP contribution in [0.5, 0.6) is 0 Å². The molecule has 5 nitrogen and oxygen atoms in total. The van der Waals surface area contributed by atoms with E-state index in [0.717, 1.165) is 28.6 Å². The molecule has 1 heterocycles. The summed E-state index contributed by atoms with van der Waals surface area (Å²) in [5.74, 6) is -0.000304. The number of esters is 1. The predicted molar refractivity (Wildman–Crippen MR) is 81.2 cm³/mol. The van der Waals surface area contributed by atoms with Gasteiger partial charge < -0.3 is 4.74 Å². The molecule has 0 saturated heterocycles. The molecule has 3 rings (SSSR count). The minimum absolute atomic E-state index is 0.347. The van der Waals surface area contributed by atoms with Gasteiger partial charge in [0, 0.05) is 10.4 Å². The summed E-state index contributed by atoms with van der Waals surface area (Å²) in [6.07, 6.45) is 2.16. The molecule has 21 heavy (non-hydrogen) atoms. The highest BCUT2D eigenvalue weighted by molar-refractivity contribution is 9.10. The fraction of sp³-hybridized carbons (Fsp3) is 0.400. The molecule has 2 aromatic rings. The molecule has 0 radical (unpaired) electrons. The van der Waals surface area contributed by atoms with Gasteiger partial charge in [-0.25, -0.2) is 9.48 Å². The van der Waals surface area contributed by atoms with Gasteiger partial charge in [-0.05, 0) is 31.4 Å². The van der Waals surface area contributed by atoms with Crippen LogP contribution in [-0.4, -0.2) is 27.6 Å². The normalized spacial score (nSPS) is 14.2. The molecule has 6 heteroatoms. The third-order valence-electron chi connectivity index (χ3n) is 3.48. The van der Waals surface area contributed by atoms with E-state index in [9.17, 15) is 4.79 Å². The van der Waals surface area contributed by atoms with Gasteiger partial charge in [0.05, 0.1) is 18.8 Å². The van der Waals surface area contributed by atoms with Crippen molar-refractivity contribution in [3.8, 4) is 0 Å². The number of rotatable bonds is 5. The van der Waals surface area contributed by atoms with E-state index < -0.39 is 0 Å². The summed E-state index contributed by atoms with van der Waals surface area (Å²) < 4.78 is 7.92. The Labute approximate surface area is 131 Å². The van der Waals surface area contributed by atoms with E-state index in [4.69, 9.17) is 4.74 Å². The number of benzene rings is 1. The number of nitrogens with zero attached hydrogens (tertiary/aromatic N) is 3. The number of ether oxygens (including phenoxy) is 1. The van der Waals surface area contributed by atoms with Crippen molar-refractivity contribution >= 4 is 21.9 Å². The first-order valence-corrected chi connectivity index (χ1v) is 7.84. The van der Waals surface area contributed by atoms with Crippen molar-refractivity contribution in [3.63, 3.8) is 0 Å². The third-order valence-corrected chi connectivity index (χ3v) is 4.26. The summed E-state index contributed by atoms with van der Waals surface area (Å²) in [7, 11) is 0. The van der Waals surface area contributed by atoms with Crippen LogP contribution in [0, 0.1) is 0 Å². The topological polar surface area (TPSA) is 57.0 Å². The highest BCUT2D eigenvalue weighted by Gasteiger charge is 2.34. The summed E-state index contributed by atoms with van der Waals surface area (Å²) >= 11 is 3.54. The van der Waals surface area contributed by atoms with Crippen LogP contribution >= 0.6 is 15.9 Å². The van der Waals surface area contributed by atoms with Crippen LogP contribution in [0.4, 0.5) is 0 Å². The smallest absolute Gasteiger partial charge is 0.360 e. The zero-order valence-electron chi connectivity index (χ0n) is 11.8. The van der Waals surface area contributed by atoms with Crippen LogP contribution in [0.25, 0.3) is 0 Å². The summed E-state index contributed by atoms with van der Waals surface area (Å²) in [6, 6.07) is 7.99. The molecule has 110 valence electrons. The standard InChI is InChI=1S/C15H16BrN3O2/c1-2-21-15(20)13-14(10-7-8-10)19(18-17-13)9-11-5-3-4-6-12(11)16/h3-6,10H,2,7-9H2,1H3. The number of carbonyl (C=O) groups excluding carboxylic acids is 1. The predicted octanol–water partition coefficient (Wildman–Crippen LogP) is 3.14. The Morgan fingerprint density at radius 2 is 2.19 bits per heavy atom. The molecule has 0 bridgehead atoms. The fourth-order valence-electron chi connectivity index (χ4n) is 2.33. The molecule has 1 aromatic carbocycles. The van der Waals surface area contributed by atoms with Gasteiger partial charge in [0.1, 0.15) is 0 Å². The molecule has 0 spiro atoms. The van der Waals surface area contributed by atoms with Crippen molar-refractivity contribution in [3.05, 3.63) is 45.7 Å². The lowest BCUT2D eigenvalue weighted by atomic mass is 10.2. The van der Waals surface area contributed by atoms with Crippen LogP contribution in [0.3, 0.4) is 0 Å². The van der Waals surface area contributed by atoms with E-state index in [1.165, 1.54) is 0 Å². The van der Waals surface area contributed by atoms with Crippen molar-refractivity contribution in [1.29, 1.82) is 0 Å². The highest BCUT2D eigenvalue weighted by atomic mass is 79.9. The second kappa shape index (κ2) is 5.97. The minimum atomic E-state index is -0.377. The zero-order valence-corrected chi connectivity index (χ0v) is 13.3. The van der Waals surface area contributed by atoms with E-state index in [0.29, 0.717) is 24.8 Å². The minimum Gasteiger partial charge on any atom is -0.461 e. The Morgan fingerprint density at radius 1 is 1.43 bits per heavy atom. The first kappa shape index (κ1) is 14.3. The Bertz CT molecular complexity index is 665. The molecule has 1 saturated carbocycles. The first-order valence-electron chi connectivity index (χ1n) is 7.04. The maximum Gasteiger partial charge on any atom is 0.360 e. The van der Waals surface area contributed by atoms with E-state index in [1.807, 2.05) is 28.9 Å². The quantitative estimate of drug-likeness (QED) is 0.778. The maximum absolute atomic E-state index is 12.0. The molecular weight excluding hydrogens is 334 g/mol. The van der Waals surface area contributed by atoms with E-state index >= 15 is 0 Å². The summed E-state index contributed by atoms with van der Waals surface area (Å²) in [4.78, 5) is 12.0. The molecule has 0 atom stereocenters. The summed E-state index contributed by atoms with van der Waals surface area (Å²) in [5, 5.41) is 8.21. The molecule has 1 aliphatic rings. The molecule has 0 N–H and O–H groups in total. The van der Waals surface area contributed by atoms with Crippen LogP contribution < -0.4 is 0 Å². The average molecular weight is 350 g/mol. The third kappa shape index (κ3) is 3.00. The van der Waals surface area contributed by atoms with Crippen LogP contribution in [0.2, 0.25) is 0 Å². The van der Waals surface area contributed by atoms with Crippen LogP contribution in [0.1, 0.15) is 47.4 Å². The molecule has 0 aliphatic heterocycles. The number of hydrogen-bond donors (Lipinski definition) is 0. The van der Waals surface area contributed by atoms with Crippen molar-refractivity contribution < 1.29 is 9.53 Å². The highest BCUT2D eigenvalue weighted by Crippen LogP contribution is 2.41. The lowest BCUT2D eigenvalue weighted by Crippen LogP contribution is -2.11. The molecule has 0 amide bonds. The number of hydrogen-bond acceptors (Lipinski definition) is 4. The molecule has 1 aliphatic carbocycles. The number of aromatic nitrogens is 3. The van der Waals surface area contributed by atoms with Crippen molar-refractivity contribution in [2.75, 3.05) is 6.61 Å². The molecule has 1 aromatic heterocycles. The first-order chi connectivity index (χ1) is 10.2. The second-order valence-corrected chi connectivity index (χ2v) is 5.92. The molecular formula is C15H16BrN3O2. The lowest BCUT2D eigenvalue weighted by Gasteiger charge is -2.08. The van der Waals surface area contributed by atoms with Crippen molar-refractivity contribution in [2.24, 2.45) is 0 Å². The second-order valence-electron chi connectivity index (χ2n) is 5.07. The van der Waals surface area contributed by atoms with Gasteiger partial charge in [0.2, 0.25) is 0 Å². The van der Waals surface area contributed by atoms with Gasteiger partial charge in [-0.1, -0.05) is 39.3 Å². The SMILES string of the molecule is CCOC(=O)c1nnn(Cc2ccccc2Br)c1C1CC1. The average Bonchev–Trinajstić information content (AvgIpc) is 3.22. The monoisotopic (exact) mass is 349 g/mol. The van der Waals surface area contributed by atoms with E-state index in [-0.39, 0.29) is 5.97 Å². The Kier molecular flexibility index (Phi) is 4.05. The Hall–Kier alpha value is -1.69. The van der Waals surface area contributed by atoms with Gasteiger partial charge in [-0.3, -0.25) is 0 Å². The zero-order chi connectivity index (χ0) is 14.8. The largest absolute Gasteiger partial charge is 0.461 e. The Morgan fingerprint density at radius 3 is 2.86 bits per heavy atom.